The summed E-state index contributed by atoms with van der Waals surface area (Å²) in [5, 5.41) is 0. The van der Waals surface area contributed by atoms with Crippen LogP contribution in [0, 0.1) is 0 Å². The van der Waals surface area contributed by atoms with Gasteiger partial charge in [-0.15, -0.1) is 0 Å². The van der Waals surface area contributed by atoms with Gasteiger partial charge in [-0.05, 0) is 39.0 Å². The molecule has 3 aromatic rings. The van der Waals surface area contributed by atoms with Crippen LogP contribution in [0.3, 0.4) is 0 Å². The maximum atomic E-state index is 13.8. The van der Waals surface area contributed by atoms with E-state index >= 15 is 0 Å². The van der Waals surface area contributed by atoms with E-state index < -0.39 is 12.0 Å². The number of benzene rings is 2. The smallest absolute Gasteiger partial charge is 0.338 e. The molecule has 2 aromatic carbocycles. The lowest BCUT2D eigenvalue weighted by Crippen LogP contribution is -2.40. The fourth-order valence-electron chi connectivity index (χ4n) is 4.10. The fourth-order valence-corrected chi connectivity index (χ4v) is 5.14. The number of esters is 1. The van der Waals surface area contributed by atoms with E-state index in [4.69, 9.17) is 14.2 Å². The monoisotopic (exact) mass is 504 g/mol. The number of carbonyl (C=O) groups is 1. The van der Waals surface area contributed by atoms with Gasteiger partial charge in [0.05, 0.1) is 29.0 Å². The Hall–Kier alpha value is -3.91. The number of hydrogen-bond donors (Lipinski definition) is 0. The lowest BCUT2D eigenvalue weighted by molar-refractivity contribution is -0.139. The Kier molecular flexibility index (Phi) is 7.85. The highest BCUT2D eigenvalue weighted by Gasteiger charge is 2.35. The summed E-state index contributed by atoms with van der Waals surface area (Å²) < 4.78 is 19.0. The number of hydrogen-bond acceptors (Lipinski definition) is 7. The summed E-state index contributed by atoms with van der Waals surface area (Å²) in [6.45, 7) is 10.1. The molecule has 0 aliphatic carbocycles. The SMILES string of the molecule is C=CCOc1ccccc1/C=c1\sc2n(c1=O)C(c1ccccc1OCC)C(C(=O)OCC)=C(C)N=2. The summed E-state index contributed by atoms with van der Waals surface area (Å²) in [5.74, 6) is 0.733. The molecule has 0 saturated carbocycles. The van der Waals surface area contributed by atoms with E-state index in [1.54, 1.807) is 30.6 Å². The highest BCUT2D eigenvalue weighted by Crippen LogP contribution is 2.35. The number of rotatable bonds is 9. The standard InChI is InChI=1S/C28H28N2O5S/c1-5-16-35-21-14-10-8-12-19(21)17-23-26(31)30-25(20-13-9-11-15-22(20)33-6-2)24(27(32)34-7-3)18(4)29-28(30)36-23/h5,8-15,17,25H,1,6-7,16H2,2-4H3/b23-17-. The van der Waals surface area contributed by atoms with E-state index in [9.17, 15) is 9.59 Å². The first-order valence-electron chi connectivity index (χ1n) is 11.7. The molecule has 0 N–H and O–H groups in total. The van der Waals surface area contributed by atoms with E-state index in [1.807, 2.05) is 55.5 Å². The number of thiazole rings is 1. The summed E-state index contributed by atoms with van der Waals surface area (Å²) >= 11 is 1.26. The van der Waals surface area contributed by atoms with Crippen molar-refractivity contribution in [1.82, 2.24) is 4.57 Å². The van der Waals surface area contributed by atoms with Crippen LogP contribution >= 0.6 is 11.3 Å². The Morgan fingerprint density at radius 1 is 1.08 bits per heavy atom. The molecular weight excluding hydrogens is 476 g/mol. The second-order valence-electron chi connectivity index (χ2n) is 7.91. The van der Waals surface area contributed by atoms with E-state index in [2.05, 4.69) is 11.6 Å². The fraction of sp³-hybridized carbons (Fsp3) is 0.250. The molecule has 0 saturated heterocycles. The van der Waals surface area contributed by atoms with E-state index in [0.29, 0.717) is 50.9 Å². The Balaban J connectivity index is 1.96. The number of fused-ring (bicyclic) bond motifs is 1. The molecule has 1 unspecified atom stereocenters. The summed E-state index contributed by atoms with van der Waals surface area (Å²) in [5.41, 5.74) is 2.02. The maximum absolute atomic E-state index is 13.8. The molecule has 1 aliphatic rings. The Morgan fingerprint density at radius 3 is 2.53 bits per heavy atom. The van der Waals surface area contributed by atoms with Gasteiger partial charge in [-0.2, -0.15) is 0 Å². The molecule has 2 heterocycles. The minimum absolute atomic E-state index is 0.210. The molecule has 186 valence electrons. The number of ether oxygens (including phenoxy) is 3. The third kappa shape index (κ3) is 4.90. The molecule has 8 heteroatoms. The van der Waals surface area contributed by atoms with Crippen molar-refractivity contribution in [3.8, 4) is 11.5 Å². The van der Waals surface area contributed by atoms with Gasteiger partial charge < -0.3 is 14.2 Å². The summed E-state index contributed by atoms with van der Waals surface area (Å²) in [7, 11) is 0. The zero-order chi connectivity index (χ0) is 25.7. The third-order valence-corrected chi connectivity index (χ3v) is 6.58. The van der Waals surface area contributed by atoms with Crippen molar-refractivity contribution < 1.29 is 19.0 Å². The van der Waals surface area contributed by atoms with E-state index in [0.717, 1.165) is 5.56 Å². The molecule has 0 spiro atoms. The quantitative estimate of drug-likeness (QED) is 0.328. The number of carbonyl (C=O) groups excluding carboxylic acids is 1. The third-order valence-electron chi connectivity index (χ3n) is 5.59. The molecule has 36 heavy (non-hydrogen) atoms. The van der Waals surface area contributed by atoms with Gasteiger partial charge in [0.2, 0.25) is 0 Å². The first-order chi connectivity index (χ1) is 17.5. The van der Waals surface area contributed by atoms with Crippen molar-refractivity contribution in [1.29, 1.82) is 0 Å². The second kappa shape index (κ2) is 11.2. The predicted molar refractivity (Wildman–Crippen MR) is 140 cm³/mol. The summed E-state index contributed by atoms with van der Waals surface area (Å²) in [4.78, 5) is 32.1. The largest absolute Gasteiger partial charge is 0.494 e. The van der Waals surface area contributed by atoms with Crippen LogP contribution < -0.4 is 24.4 Å². The molecule has 1 aliphatic heterocycles. The van der Waals surface area contributed by atoms with Crippen LogP contribution in [-0.2, 0) is 9.53 Å². The summed E-state index contributed by atoms with van der Waals surface area (Å²) in [6.07, 6.45) is 3.46. The Bertz CT molecular complexity index is 1500. The molecule has 4 rings (SSSR count). The van der Waals surface area contributed by atoms with Crippen LogP contribution in [0.1, 0.15) is 37.9 Å². The molecule has 0 fully saturated rings. The van der Waals surface area contributed by atoms with Crippen molar-refractivity contribution in [2.45, 2.75) is 26.8 Å². The second-order valence-corrected chi connectivity index (χ2v) is 8.92. The average molecular weight is 505 g/mol. The molecule has 0 amide bonds. The minimum atomic E-state index is -0.738. The molecule has 1 aromatic heterocycles. The highest BCUT2D eigenvalue weighted by molar-refractivity contribution is 7.07. The normalized spacial score (nSPS) is 15.2. The van der Waals surface area contributed by atoms with Crippen LogP contribution in [0.4, 0.5) is 0 Å². The lowest BCUT2D eigenvalue weighted by Gasteiger charge is -2.26. The van der Waals surface area contributed by atoms with Crippen molar-refractivity contribution in [3.63, 3.8) is 0 Å². The molecule has 7 nitrogen and oxygen atoms in total. The van der Waals surface area contributed by atoms with E-state index in [-0.39, 0.29) is 12.2 Å². The van der Waals surface area contributed by atoms with Crippen molar-refractivity contribution in [2.24, 2.45) is 4.99 Å². The summed E-state index contributed by atoms with van der Waals surface area (Å²) in [6, 6.07) is 14.2. The molecular formula is C28H28N2O5S. The van der Waals surface area contributed by atoms with Crippen LogP contribution in [0.25, 0.3) is 6.08 Å². The van der Waals surface area contributed by atoms with E-state index in [1.165, 1.54) is 11.3 Å². The Labute approximate surface area is 213 Å². The van der Waals surface area contributed by atoms with Gasteiger partial charge in [-0.25, -0.2) is 9.79 Å². The first-order valence-corrected chi connectivity index (χ1v) is 12.6. The molecule has 1 atom stereocenters. The lowest BCUT2D eigenvalue weighted by atomic mass is 9.95. The number of nitrogens with zero attached hydrogens (tertiary/aromatic N) is 2. The number of para-hydroxylation sites is 2. The van der Waals surface area contributed by atoms with Crippen molar-refractivity contribution in [3.05, 3.63) is 103 Å². The Morgan fingerprint density at radius 2 is 1.81 bits per heavy atom. The molecule has 0 radical (unpaired) electrons. The molecule has 0 bridgehead atoms. The first kappa shape index (κ1) is 25.2. The van der Waals surface area contributed by atoms with Gasteiger partial charge in [0.1, 0.15) is 24.1 Å². The van der Waals surface area contributed by atoms with Gasteiger partial charge in [-0.3, -0.25) is 9.36 Å². The number of allylic oxidation sites excluding steroid dienone is 1. The van der Waals surface area contributed by atoms with Gasteiger partial charge in [0.15, 0.2) is 4.80 Å². The topological polar surface area (TPSA) is 79.1 Å². The van der Waals surface area contributed by atoms with Crippen molar-refractivity contribution >= 4 is 23.4 Å². The van der Waals surface area contributed by atoms with Crippen LogP contribution in [0.5, 0.6) is 11.5 Å². The average Bonchev–Trinajstić information content (AvgIpc) is 3.17. The predicted octanol–water partition coefficient (Wildman–Crippen LogP) is 3.76. The van der Waals surface area contributed by atoms with Crippen LogP contribution in [0.2, 0.25) is 0 Å². The highest BCUT2D eigenvalue weighted by atomic mass is 32.1. The van der Waals surface area contributed by atoms with Gasteiger partial charge in [0.25, 0.3) is 5.56 Å². The van der Waals surface area contributed by atoms with Gasteiger partial charge >= 0.3 is 5.97 Å². The minimum Gasteiger partial charge on any atom is -0.494 e. The van der Waals surface area contributed by atoms with Crippen LogP contribution in [-0.4, -0.2) is 30.4 Å². The zero-order valence-corrected chi connectivity index (χ0v) is 21.3. The maximum Gasteiger partial charge on any atom is 0.338 e. The van der Waals surface area contributed by atoms with Crippen LogP contribution in [0.15, 0.2) is 82.2 Å². The van der Waals surface area contributed by atoms with Crippen molar-refractivity contribution in [2.75, 3.05) is 19.8 Å². The zero-order valence-electron chi connectivity index (χ0n) is 20.5. The number of aromatic nitrogens is 1. The van der Waals surface area contributed by atoms with Gasteiger partial charge in [0, 0.05) is 11.1 Å². The van der Waals surface area contributed by atoms with Gasteiger partial charge in [-0.1, -0.05) is 60.4 Å².